The average Bonchev–Trinajstić information content (AvgIpc) is 2.81. The Morgan fingerprint density at radius 1 is 1.06 bits per heavy atom. The summed E-state index contributed by atoms with van der Waals surface area (Å²) in [5, 5.41) is 3.51. The third-order valence-electron chi connectivity index (χ3n) is 6.27. The van der Waals surface area contributed by atoms with Crippen LogP contribution in [0.25, 0.3) is 0 Å². The van der Waals surface area contributed by atoms with E-state index in [2.05, 4.69) is 55.3 Å². The highest BCUT2D eigenvalue weighted by Crippen LogP contribution is 2.18. The fourth-order valence-corrected chi connectivity index (χ4v) is 4.43. The van der Waals surface area contributed by atoms with Crippen LogP contribution in [-0.2, 0) is 16.1 Å². The SMILES string of the molecule is CCOC(=O)C1CCN(C(=NC)NCCCN2CCN(Cc3ccccc3)CC2)CC1. The molecule has 0 spiro atoms. The summed E-state index contributed by atoms with van der Waals surface area (Å²) < 4.78 is 5.17. The zero-order valence-corrected chi connectivity index (χ0v) is 19.3. The number of aliphatic imine (C=N–C) groups is 1. The number of rotatable bonds is 8. The summed E-state index contributed by atoms with van der Waals surface area (Å²) in [5.41, 5.74) is 1.40. The monoisotopic (exact) mass is 429 g/mol. The van der Waals surface area contributed by atoms with E-state index in [0.29, 0.717) is 6.61 Å². The third-order valence-corrected chi connectivity index (χ3v) is 6.27. The standard InChI is InChI=1S/C24H39N5O2/c1-3-31-23(30)22-10-14-29(15-11-22)24(25-2)26-12-7-13-27-16-18-28(19-17-27)20-21-8-5-4-6-9-21/h4-6,8-9,22H,3,7,10-20H2,1-2H3,(H,25,26). The van der Waals surface area contributed by atoms with Gasteiger partial charge in [-0.15, -0.1) is 0 Å². The van der Waals surface area contributed by atoms with E-state index in [1.54, 1.807) is 0 Å². The Labute approximate surface area is 187 Å². The lowest BCUT2D eigenvalue weighted by Crippen LogP contribution is -2.48. The highest BCUT2D eigenvalue weighted by atomic mass is 16.5. The average molecular weight is 430 g/mol. The van der Waals surface area contributed by atoms with Crippen LogP contribution in [0.15, 0.2) is 35.3 Å². The van der Waals surface area contributed by atoms with Crippen molar-refractivity contribution in [3.05, 3.63) is 35.9 Å². The molecule has 2 heterocycles. The number of ether oxygens (including phenoxy) is 1. The fraction of sp³-hybridized carbons (Fsp3) is 0.667. The molecule has 172 valence electrons. The predicted octanol–water partition coefficient (Wildman–Crippen LogP) is 2.04. The number of benzene rings is 1. The Hall–Kier alpha value is -2.12. The molecule has 31 heavy (non-hydrogen) atoms. The predicted molar refractivity (Wildman–Crippen MR) is 125 cm³/mol. The summed E-state index contributed by atoms with van der Waals surface area (Å²) in [4.78, 5) is 23.7. The van der Waals surface area contributed by atoms with Gasteiger partial charge < -0.3 is 19.9 Å². The summed E-state index contributed by atoms with van der Waals surface area (Å²) in [5.74, 6) is 0.943. The second-order valence-corrected chi connectivity index (χ2v) is 8.44. The van der Waals surface area contributed by atoms with E-state index < -0.39 is 0 Å². The van der Waals surface area contributed by atoms with E-state index in [0.717, 1.165) is 84.1 Å². The quantitative estimate of drug-likeness (QED) is 0.295. The van der Waals surface area contributed by atoms with Gasteiger partial charge in [0.05, 0.1) is 12.5 Å². The number of hydrogen-bond donors (Lipinski definition) is 1. The van der Waals surface area contributed by atoms with Crippen molar-refractivity contribution in [2.75, 3.05) is 66.0 Å². The molecular formula is C24H39N5O2. The van der Waals surface area contributed by atoms with Crippen LogP contribution in [0, 0.1) is 5.92 Å². The number of carbonyl (C=O) groups is 1. The lowest BCUT2D eigenvalue weighted by molar-refractivity contribution is -0.149. The fourth-order valence-electron chi connectivity index (χ4n) is 4.43. The Bertz CT molecular complexity index is 680. The van der Waals surface area contributed by atoms with Gasteiger partial charge in [-0.1, -0.05) is 30.3 Å². The maximum Gasteiger partial charge on any atom is 0.309 e. The van der Waals surface area contributed by atoms with Gasteiger partial charge in [-0.25, -0.2) is 0 Å². The van der Waals surface area contributed by atoms with Crippen molar-refractivity contribution >= 4 is 11.9 Å². The van der Waals surface area contributed by atoms with Crippen LogP contribution in [0.2, 0.25) is 0 Å². The van der Waals surface area contributed by atoms with Crippen LogP contribution in [0.4, 0.5) is 0 Å². The number of guanidine groups is 1. The van der Waals surface area contributed by atoms with Gasteiger partial charge in [-0.2, -0.15) is 0 Å². The number of esters is 1. The van der Waals surface area contributed by atoms with Gasteiger partial charge >= 0.3 is 5.97 Å². The van der Waals surface area contributed by atoms with E-state index in [-0.39, 0.29) is 11.9 Å². The minimum absolute atomic E-state index is 0.0369. The number of hydrogen-bond acceptors (Lipinski definition) is 5. The Morgan fingerprint density at radius 2 is 1.74 bits per heavy atom. The molecule has 0 aromatic heterocycles. The van der Waals surface area contributed by atoms with Crippen LogP contribution >= 0.6 is 0 Å². The first-order valence-electron chi connectivity index (χ1n) is 11.8. The molecule has 7 nitrogen and oxygen atoms in total. The van der Waals surface area contributed by atoms with Crippen LogP contribution in [-0.4, -0.2) is 92.6 Å². The summed E-state index contributed by atoms with van der Waals surface area (Å²) in [7, 11) is 1.84. The zero-order chi connectivity index (χ0) is 21.9. The molecule has 2 saturated heterocycles. The van der Waals surface area contributed by atoms with E-state index in [4.69, 9.17) is 4.74 Å². The lowest BCUT2D eigenvalue weighted by Gasteiger charge is -2.35. The minimum atomic E-state index is -0.0473. The van der Waals surface area contributed by atoms with Crippen molar-refractivity contribution in [2.45, 2.75) is 32.7 Å². The summed E-state index contributed by atoms with van der Waals surface area (Å²) in [6.07, 6.45) is 2.79. The van der Waals surface area contributed by atoms with Crippen LogP contribution in [0.5, 0.6) is 0 Å². The molecule has 2 fully saturated rings. The first kappa shape index (κ1) is 23.5. The van der Waals surface area contributed by atoms with Gasteiger partial charge in [0.25, 0.3) is 0 Å². The number of piperidine rings is 1. The molecule has 2 aliphatic rings. The number of nitrogens with one attached hydrogen (secondary N) is 1. The second-order valence-electron chi connectivity index (χ2n) is 8.44. The van der Waals surface area contributed by atoms with E-state index >= 15 is 0 Å². The van der Waals surface area contributed by atoms with Gasteiger partial charge in [0.1, 0.15) is 0 Å². The maximum absolute atomic E-state index is 11.9. The molecule has 1 N–H and O–H groups in total. The molecule has 7 heteroatoms. The van der Waals surface area contributed by atoms with E-state index in [9.17, 15) is 4.79 Å². The smallest absolute Gasteiger partial charge is 0.309 e. The van der Waals surface area contributed by atoms with E-state index in [1.165, 1.54) is 5.56 Å². The molecule has 0 amide bonds. The number of piperazine rings is 1. The van der Waals surface area contributed by atoms with Crippen LogP contribution in [0.3, 0.4) is 0 Å². The summed E-state index contributed by atoms with van der Waals surface area (Å²) in [6, 6.07) is 10.7. The van der Waals surface area contributed by atoms with Crippen LogP contribution in [0.1, 0.15) is 31.7 Å². The van der Waals surface area contributed by atoms with Crippen molar-refractivity contribution in [2.24, 2.45) is 10.9 Å². The molecule has 1 aromatic rings. The largest absolute Gasteiger partial charge is 0.466 e. The molecule has 3 rings (SSSR count). The number of likely N-dealkylation sites (tertiary alicyclic amines) is 1. The first-order valence-corrected chi connectivity index (χ1v) is 11.8. The van der Waals surface area contributed by atoms with Crippen molar-refractivity contribution in [1.82, 2.24) is 20.0 Å². The van der Waals surface area contributed by atoms with Crippen molar-refractivity contribution in [3.8, 4) is 0 Å². The highest BCUT2D eigenvalue weighted by Gasteiger charge is 2.27. The Kier molecular flexibility index (Phi) is 9.62. The van der Waals surface area contributed by atoms with Crippen LogP contribution < -0.4 is 5.32 Å². The second kappa shape index (κ2) is 12.7. The van der Waals surface area contributed by atoms with Crippen molar-refractivity contribution in [3.63, 3.8) is 0 Å². The molecule has 0 saturated carbocycles. The molecule has 0 atom stereocenters. The van der Waals surface area contributed by atoms with Crippen molar-refractivity contribution < 1.29 is 9.53 Å². The molecule has 0 aliphatic carbocycles. The topological polar surface area (TPSA) is 60.4 Å². The Morgan fingerprint density at radius 3 is 2.39 bits per heavy atom. The van der Waals surface area contributed by atoms with Gasteiger partial charge in [0, 0.05) is 59.4 Å². The highest BCUT2D eigenvalue weighted by molar-refractivity contribution is 5.80. The molecule has 1 aromatic carbocycles. The van der Waals surface area contributed by atoms with Gasteiger partial charge in [-0.05, 0) is 38.3 Å². The number of carbonyl (C=O) groups excluding carboxylic acids is 1. The van der Waals surface area contributed by atoms with Gasteiger partial charge in [-0.3, -0.25) is 14.7 Å². The van der Waals surface area contributed by atoms with Gasteiger partial charge in [0.2, 0.25) is 0 Å². The molecular weight excluding hydrogens is 390 g/mol. The number of nitrogens with zero attached hydrogens (tertiary/aromatic N) is 4. The summed E-state index contributed by atoms with van der Waals surface area (Å²) >= 11 is 0. The first-order chi connectivity index (χ1) is 15.2. The lowest BCUT2D eigenvalue weighted by atomic mass is 9.97. The van der Waals surface area contributed by atoms with E-state index in [1.807, 2.05) is 14.0 Å². The van der Waals surface area contributed by atoms with Gasteiger partial charge in [0.15, 0.2) is 5.96 Å². The maximum atomic E-state index is 11.9. The third kappa shape index (κ3) is 7.51. The Balaban J connectivity index is 1.28. The normalized spacial score (nSPS) is 19.4. The zero-order valence-electron chi connectivity index (χ0n) is 19.3. The molecule has 2 aliphatic heterocycles. The molecule has 0 unspecified atom stereocenters. The minimum Gasteiger partial charge on any atom is -0.466 e. The van der Waals surface area contributed by atoms with Crippen molar-refractivity contribution in [1.29, 1.82) is 0 Å². The molecule has 0 radical (unpaired) electrons. The summed E-state index contributed by atoms with van der Waals surface area (Å²) in [6.45, 7) is 11.7. The molecule has 0 bridgehead atoms.